The van der Waals surface area contributed by atoms with Crippen molar-refractivity contribution in [2.24, 2.45) is 0 Å². The zero-order valence-electron chi connectivity index (χ0n) is 14.6. The van der Waals surface area contributed by atoms with Gasteiger partial charge in [0.2, 0.25) is 5.88 Å². The van der Waals surface area contributed by atoms with Gasteiger partial charge in [-0.05, 0) is 39.0 Å². The van der Waals surface area contributed by atoms with Crippen LogP contribution in [0, 0.1) is 13.8 Å². The van der Waals surface area contributed by atoms with Crippen molar-refractivity contribution >= 4 is 15.7 Å². The molecule has 2 aromatic heterocycles. The Hall–Kier alpha value is -2.94. The Kier molecular flexibility index (Phi) is 4.90. The maximum absolute atomic E-state index is 12.6. The second-order valence-electron chi connectivity index (χ2n) is 5.53. The van der Waals surface area contributed by atoms with E-state index < -0.39 is 10.0 Å². The molecule has 0 spiro atoms. The molecule has 26 heavy (non-hydrogen) atoms. The predicted molar refractivity (Wildman–Crippen MR) is 95.4 cm³/mol. The molecule has 0 aliphatic heterocycles. The van der Waals surface area contributed by atoms with E-state index in [9.17, 15) is 8.42 Å². The Morgan fingerprint density at radius 2 is 1.96 bits per heavy atom. The van der Waals surface area contributed by atoms with E-state index in [0.29, 0.717) is 29.6 Å². The average Bonchev–Trinajstić information content (AvgIpc) is 2.95. The van der Waals surface area contributed by atoms with Crippen LogP contribution < -0.4 is 9.46 Å². The first-order chi connectivity index (χ1) is 12.4. The minimum Gasteiger partial charge on any atom is -0.477 e. The van der Waals surface area contributed by atoms with Gasteiger partial charge < -0.3 is 9.26 Å². The first kappa shape index (κ1) is 17.9. The molecule has 2 heterocycles. The summed E-state index contributed by atoms with van der Waals surface area (Å²) in [4.78, 5) is 0.0452. The maximum Gasteiger partial charge on any atom is 0.267 e. The van der Waals surface area contributed by atoms with Crippen LogP contribution in [-0.4, -0.2) is 30.4 Å². The van der Waals surface area contributed by atoms with Crippen LogP contribution in [0.4, 0.5) is 5.69 Å². The van der Waals surface area contributed by atoms with Crippen molar-refractivity contribution in [2.75, 3.05) is 11.3 Å². The summed E-state index contributed by atoms with van der Waals surface area (Å²) in [7, 11) is -3.81. The number of anilines is 1. The molecule has 0 radical (unpaired) electrons. The predicted octanol–water partition coefficient (Wildman–Crippen LogP) is 2.95. The van der Waals surface area contributed by atoms with Crippen LogP contribution >= 0.6 is 0 Å². The van der Waals surface area contributed by atoms with E-state index >= 15 is 0 Å². The van der Waals surface area contributed by atoms with E-state index in [1.807, 2.05) is 13.0 Å². The largest absolute Gasteiger partial charge is 0.477 e. The lowest BCUT2D eigenvalue weighted by molar-refractivity contribution is 0.323. The van der Waals surface area contributed by atoms with Gasteiger partial charge in [0.05, 0.1) is 12.3 Å². The smallest absolute Gasteiger partial charge is 0.267 e. The number of aromatic nitrogens is 3. The van der Waals surface area contributed by atoms with Gasteiger partial charge in [-0.3, -0.25) is 4.72 Å². The Morgan fingerprint density at radius 1 is 1.15 bits per heavy atom. The van der Waals surface area contributed by atoms with Gasteiger partial charge in [0.15, 0.2) is 10.7 Å². The molecule has 9 heteroatoms. The van der Waals surface area contributed by atoms with Crippen LogP contribution in [0.3, 0.4) is 0 Å². The van der Waals surface area contributed by atoms with Crippen molar-refractivity contribution in [2.45, 2.75) is 25.7 Å². The van der Waals surface area contributed by atoms with Crippen molar-refractivity contribution in [1.29, 1.82) is 0 Å². The molecule has 0 saturated heterocycles. The molecule has 136 valence electrons. The summed E-state index contributed by atoms with van der Waals surface area (Å²) in [6, 6.07) is 10.4. The first-order valence-electron chi connectivity index (χ1n) is 7.93. The highest BCUT2D eigenvalue weighted by atomic mass is 32.2. The number of nitrogens with zero attached hydrogens (tertiary/aromatic N) is 3. The Labute approximate surface area is 151 Å². The lowest BCUT2D eigenvalue weighted by Crippen LogP contribution is -2.14. The van der Waals surface area contributed by atoms with E-state index in [4.69, 9.17) is 9.26 Å². The number of rotatable bonds is 6. The lowest BCUT2D eigenvalue weighted by atomic mass is 10.1. The van der Waals surface area contributed by atoms with E-state index in [2.05, 4.69) is 20.1 Å². The summed E-state index contributed by atoms with van der Waals surface area (Å²) < 4.78 is 38.0. The highest BCUT2D eigenvalue weighted by molar-refractivity contribution is 7.92. The van der Waals surface area contributed by atoms with Crippen LogP contribution in [0.5, 0.6) is 5.88 Å². The zero-order chi connectivity index (χ0) is 18.7. The minimum absolute atomic E-state index is 0.0452. The van der Waals surface area contributed by atoms with Crippen molar-refractivity contribution in [1.82, 2.24) is 15.4 Å². The van der Waals surface area contributed by atoms with Gasteiger partial charge in [-0.1, -0.05) is 17.3 Å². The van der Waals surface area contributed by atoms with E-state index in [0.717, 1.165) is 5.56 Å². The summed E-state index contributed by atoms with van der Waals surface area (Å²) in [5.41, 5.74) is 2.04. The Bertz CT molecular complexity index is 994. The van der Waals surface area contributed by atoms with Crippen LogP contribution in [0.2, 0.25) is 0 Å². The van der Waals surface area contributed by atoms with Gasteiger partial charge in [-0.15, -0.1) is 10.2 Å². The Balaban J connectivity index is 1.88. The van der Waals surface area contributed by atoms with E-state index in [1.54, 1.807) is 44.2 Å². The molecule has 0 fully saturated rings. The zero-order valence-corrected chi connectivity index (χ0v) is 15.4. The van der Waals surface area contributed by atoms with Gasteiger partial charge in [-0.25, -0.2) is 8.42 Å². The molecule has 8 nitrogen and oxygen atoms in total. The van der Waals surface area contributed by atoms with Crippen LogP contribution in [-0.2, 0) is 10.0 Å². The summed E-state index contributed by atoms with van der Waals surface area (Å²) in [6.07, 6.45) is 0. The molecule has 0 aliphatic carbocycles. The highest BCUT2D eigenvalue weighted by Crippen LogP contribution is 2.25. The second kappa shape index (κ2) is 7.12. The third-order valence-electron chi connectivity index (χ3n) is 3.58. The third kappa shape index (κ3) is 3.67. The summed E-state index contributed by atoms with van der Waals surface area (Å²) >= 11 is 0. The molecule has 0 aliphatic rings. The standard InChI is InChI=1S/C17H18N4O4S/c1-4-24-16-9-8-15(18-19-16)13-6-5-7-14(10-13)21-26(22,23)17-11(2)20-25-12(17)3/h5-10,21H,4H2,1-3H3. The van der Waals surface area contributed by atoms with E-state index in [-0.39, 0.29) is 10.7 Å². The monoisotopic (exact) mass is 374 g/mol. The van der Waals surface area contributed by atoms with Gasteiger partial charge in [0, 0.05) is 17.3 Å². The van der Waals surface area contributed by atoms with Gasteiger partial charge in [0.1, 0.15) is 5.69 Å². The molecule has 0 saturated carbocycles. The van der Waals surface area contributed by atoms with Gasteiger partial charge in [0.25, 0.3) is 10.0 Å². The fourth-order valence-corrected chi connectivity index (χ4v) is 3.89. The van der Waals surface area contributed by atoms with Crippen molar-refractivity contribution in [3.8, 4) is 17.1 Å². The van der Waals surface area contributed by atoms with Crippen LogP contribution in [0.15, 0.2) is 45.8 Å². The quantitative estimate of drug-likeness (QED) is 0.707. The SMILES string of the molecule is CCOc1ccc(-c2cccc(NS(=O)(=O)c3c(C)noc3C)c2)nn1. The molecule has 0 atom stereocenters. The lowest BCUT2D eigenvalue weighted by Gasteiger charge is -2.09. The number of sulfonamides is 1. The van der Waals surface area contributed by atoms with Crippen molar-refractivity contribution in [3.05, 3.63) is 47.9 Å². The maximum atomic E-state index is 12.6. The molecule has 0 bridgehead atoms. The summed E-state index contributed by atoms with van der Waals surface area (Å²) in [6.45, 7) is 5.51. The molecule has 1 N–H and O–H groups in total. The molecular weight excluding hydrogens is 356 g/mol. The minimum atomic E-state index is -3.81. The number of hydrogen-bond acceptors (Lipinski definition) is 7. The molecule has 0 unspecified atom stereocenters. The number of nitrogens with one attached hydrogen (secondary N) is 1. The van der Waals surface area contributed by atoms with Crippen molar-refractivity contribution in [3.63, 3.8) is 0 Å². The van der Waals surface area contributed by atoms with Crippen molar-refractivity contribution < 1.29 is 17.7 Å². The summed E-state index contributed by atoms with van der Waals surface area (Å²) in [5.74, 6) is 0.676. The molecule has 0 amide bonds. The fourth-order valence-electron chi connectivity index (χ4n) is 2.51. The molecule has 1 aromatic carbocycles. The van der Waals surface area contributed by atoms with Crippen LogP contribution in [0.25, 0.3) is 11.3 Å². The second-order valence-corrected chi connectivity index (χ2v) is 7.15. The number of hydrogen-bond donors (Lipinski definition) is 1. The molecule has 3 rings (SSSR count). The number of aryl methyl sites for hydroxylation is 2. The topological polar surface area (TPSA) is 107 Å². The van der Waals surface area contributed by atoms with E-state index in [1.165, 1.54) is 0 Å². The highest BCUT2D eigenvalue weighted by Gasteiger charge is 2.24. The summed E-state index contributed by atoms with van der Waals surface area (Å²) in [5, 5.41) is 11.8. The number of ether oxygens (including phenoxy) is 1. The Morgan fingerprint density at radius 3 is 2.58 bits per heavy atom. The normalized spacial score (nSPS) is 11.3. The van der Waals surface area contributed by atoms with Gasteiger partial charge >= 0.3 is 0 Å². The van der Waals surface area contributed by atoms with Gasteiger partial charge in [-0.2, -0.15) is 0 Å². The van der Waals surface area contributed by atoms with Crippen LogP contribution in [0.1, 0.15) is 18.4 Å². The first-order valence-corrected chi connectivity index (χ1v) is 9.41. The number of benzene rings is 1. The molecular formula is C17H18N4O4S. The fraction of sp³-hybridized carbons (Fsp3) is 0.235. The molecule has 3 aromatic rings. The third-order valence-corrected chi connectivity index (χ3v) is 5.20. The average molecular weight is 374 g/mol.